The fourth-order valence-corrected chi connectivity index (χ4v) is 3.84. The van der Waals surface area contributed by atoms with Crippen LogP contribution in [0.25, 0.3) is 11.0 Å². The molecule has 0 amide bonds. The number of hydrogen-bond acceptors (Lipinski definition) is 6. The van der Waals surface area contributed by atoms with Crippen molar-refractivity contribution in [2.24, 2.45) is 5.41 Å². The number of hydrogen-bond donors (Lipinski definition) is 1. The predicted octanol–water partition coefficient (Wildman–Crippen LogP) is 3.04. The van der Waals surface area contributed by atoms with Gasteiger partial charge in [-0.3, -0.25) is 9.19 Å². The van der Waals surface area contributed by atoms with E-state index in [4.69, 9.17) is 14.2 Å². The van der Waals surface area contributed by atoms with E-state index in [0.717, 1.165) is 11.0 Å². The molecule has 0 bridgehead atoms. The Hall–Kier alpha value is -2.29. The van der Waals surface area contributed by atoms with Crippen molar-refractivity contribution in [1.82, 2.24) is 15.0 Å². The molecule has 1 aliphatic rings. The van der Waals surface area contributed by atoms with Crippen molar-refractivity contribution in [3.63, 3.8) is 0 Å². The quantitative estimate of drug-likeness (QED) is 0.683. The molecule has 1 unspecified atom stereocenters. The monoisotopic (exact) mass is 401 g/mol. The highest BCUT2D eigenvalue weighted by atomic mass is 32.2. The van der Waals surface area contributed by atoms with Gasteiger partial charge in [0, 0.05) is 17.7 Å². The fourth-order valence-electron chi connectivity index (χ4n) is 2.85. The first-order chi connectivity index (χ1) is 13.5. The Morgan fingerprint density at radius 2 is 2.04 bits per heavy atom. The number of para-hydroxylation sites is 2. The number of nitrogens with one attached hydrogen (secondary N) is 1. The summed E-state index contributed by atoms with van der Waals surface area (Å²) < 4.78 is 29.8. The summed E-state index contributed by atoms with van der Waals surface area (Å²) in [7, 11) is -1.33. The Balaban J connectivity index is 1.36. The van der Waals surface area contributed by atoms with Gasteiger partial charge in [0.1, 0.15) is 12.4 Å². The molecule has 0 aliphatic carbocycles. The Morgan fingerprint density at radius 3 is 2.82 bits per heavy atom. The number of aromatic nitrogens is 3. The second-order valence-electron chi connectivity index (χ2n) is 7.56. The van der Waals surface area contributed by atoms with Crippen molar-refractivity contribution in [3.8, 4) is 5.75 Å². The lowest BCUT2D eigenvalue weighted by Gasteiger charge is -2.34. The Kier molecular flexibility index (Phi) is 5.43. The molecule has 1 atom stereocenters. The van der Waals surface area contributed by atoms with Gasteiger partial charge >= 0.3 is 0 Å². The molecule has 1 aromatic carbocycles. The van der Waals surface area contributed by atoms with E-state index >= 15 is 0 Å². The summed E-state index contributed by atoms with van der Waals surface area (Å²) >= 11 is 0. The Morgan fingerprint density at radius 1 is 1.25 bits per heavy atom. The summed E-state index contributed by atoms with van der Waals surface area (Å²) in [6, 6.07) is 11.2. The van der Waals surface area contributed by atoms with Crippen LogP contribution in [0.15, 0.2) is 47.8 Å². The molecule has 0 saturated carbocycles. The topological polar surface area (TPSA) is 86.3 Å². The molecule has 4 rings (SSSR count). The van der Waals surface area contributed by atoms with Crippen molar-refractivity contribution in [3.05, 3.63) is 48.3 Å². The van der Waals surface area contributed by atoms with Crippen LogP contribution in [0.2, 0.25) is 0 Å². The molecule has 148 valence electrons. The molecule has 0 radical (unpaired) electrons. The van der Waals surface area contributed by atoms with Crippen molar-refractivity contribution in [1.29, 1.82) is 0 Å². The van der Waals surface area contributed by atoms with Crippen LogP contribution in [0.4, 0.5) is 0 Å². The van der Waals surface area contributed by atoms with E-state index in [1.54, 1.807) is 18.3 Å². The number of aromatic amines is 1. The van der Waals surface area contributed by atoms with Crippen LogP contribution >= 0.6 is 0 Å². The molecule has 1 saturated heterocycles. The average Bonchev–Trinajstić information content (AvgIpc) is 3.12. The molecule has 1 aliphatic heterocycles. The first kappa shape index (κ1) is 19.0. The van der Waals surface area contributed by atoms with Gasteiger partial charge in [-0.15, -0.1) is 0 Å². The largest absolute Gasteiger partial charge is 0.488 e. The van der Waals surface area contributed by atoms with Crippen molar-refractivity contribution in [2.75, 3.05) is 19.8 Å². The maximum absolute atomic E-state index is 12.7. The molecule has 28 heavy (non-hydrogen) atoms. The molecule has 0 spiro atoms. The van der Waals surface area contributed by atoms with E-state index in [0.29, 0.717) is 36.4 Å². The van der Waals surface area contributed by atoms with E-state index in [2.05, 4.69) is 28.8 Å². The lowest BCUT2D eigenvalue weighted by atomic mass is 9.96. The number of imidazole rings is 1. The van der Waals surface area contributed by atoms with E-state index in [-0.39, 0.29) is 17.5 Å². The van der Waals surface area contributed by atoms with E-state index < -0.39 is 10.8 Å². The van der Waals surface area contributed by atoms with Gasteiger partial charge in [0.05, 0.1) is 46.5 Å². The third-order valence-electron chi connectivity index (χ3n) is 4.36. The van der Waals surface area contributed by atoms with Crippen molar-refractivity contribution in [2.45, 2.75) is 31.0 Å². The second kappa shape index (κ2) is 7.98. The van der Waals surface area contributed by atoms with E-state index in [1.165, 1.54) is 0 Å². The molecule has 8 heteroatoms. The molecule has 1 fully saturated rings. The molecule has 3 heterocycles. The van der Waals surface area contributed by atoms with Crippen LogP contribution in [-0.2, 0) is 26.0 Å². The molecular formula is C20H23N3O4S. The molecule has 7 nitrogen and oxygen atoms in total. The van der Waals surface area contributed by atoms with Gasteiger partial charge in [-0.25, -0.2) is 4.98 Å². The first-order valence-electron chi connectivity index (χ1n) is 9.13. The highest BCUT2D eigenvalue weighted by Gasteiger charge is 2.28. The van der Waals surface area contributed by atoms with Crippen molar-refractivity contribution >= 4 is 21.8 Å². The van der Waals surface area contributed by atoms with E-state index in [1.807, 2.05) is 24.3 Å². The summed E-state index contributed by atoms with van der Waals surface area (Å²) in [5.41, 5.74) is 2.36. The van der Waals surface area contributed by atoms with Crippen LogP contribution in [0.3, 0.4) is 0 Å². The smallest absolute Gasteiger partial charge is 0.197 e. The normalized spacial score (nSPS) is 18.2. The fraction of sp³-hybridized carbons (Fsp3) is 0.400. The second-order valence-corrected chi connectivity index (χ2v) is 8.93. The van der Waals surface area contributed by atoms with Crippen molar-refractivity contribution < 1.29 is 18.4 Å². The molecule has 3 aromatic rings. The lowest BCUT2D eigenvalue weighted by Crippen LogP contribution is -2.40. The number of rotatable bonds is 6. The number of nitrogens with zero attached hydrogens (tertiary/aromatic N) is 2. The highest BCUT2D eigenvalue weighted by molar-refractivity contribution is 7.84. The zero-order valence-electron chi connectivity index (χ0n) is 15.9. The van der Waals surface area contributed by atoms with Gasteiger partial charge in [0.15, 0.2) is 11.4 Å². The standard InChI is InChI=1S/C20H23N3O4S/c1-20(2)12-26-18(27-13-20)10-25-15-7-8-21-14(9-15)11-28(24)19-22-16-5-3-4-6-17(16)23-19/h3-9,18H,10-13H2,1-2H3,(H,22,23). The van der Waals surface area contributed by atoms with E-state index in [9.17, 15) is 4.21 Å². The number of pyridine rings is 1. The molecule has 1 N–H and O–H groups in total. The lowest BCUT2D eigenvalue weighted by molar-refractivity contribution is -0.230. The summed E-state index contributed by atoms with van der Waals surface area (Å²) in [6.07, 6.45) is 1.26. The third kappa shape index (κ3) is 4.57. The van der Waals surface area contributed by atoms with Crippen LogP contribution in [-0.4, -0.2) is 45.3 Å². The van der Waals surface area contributed by atoms with Crippen LogP contribution < -0.4 is 4.74 Å². The summed E-state index contributed by atoms with van der Waals surface area (Å²) in [5, 5.41) is 0.445. The zero-order valence-corrected chi connectivity index (χ0v) is 16.7. The Bertz CT molecular complexity index is 945. The highest BCUT2D eigenvalue weighted by Crippen LogP contribution is 2.23. The minimum absolute atomic E-state index is 0.0288. The maximum atomic E-state index is 12.7. The van der Waals surface area contributed by atoms with Crippen LogP contribution in [0.5, 0.6) is 5.75 Å². The zero-order chi connectivity index (χ0) is 19.6. The predicted molar refractivity (Wildman–Crippen MR) is 105 cm³/mol. The summed E-state index contributed by atoms with van der Waals surface area (Å²) in [6.45, 7) is 5.77. The van der Waals surface area contributed by atoms with Gasteiger partial charge in [0.25, 0.3) is 0 Å². The minimum Gasteiger partial charge on any atom is -0.488 e. The van der Waals surface area contributed by atoms with Gasteiger partial charge in [0.2, 0.25) is 0 Å². The molecule has 2 aromatic heterocycles. The number of ether oxygens (including phenoxy) is 3. The maximum Gasteiger partial charge on any atom is 0.197 e. The van der Waals surface area contributed by atoms with Gasteiger partial charge < -0.3 is 19.2 Å². The minimum atomic E-state index is -1.33. The number of fused-ring (bicyclic) bond motifs is 1. The average molecular weight is 401 g/mol. The summed E-state index contributed by atoms with van der Waals surface area (Å²) in [5.74, 6) is 0.894. The van der Waals surface area contributed by atoms with Gasteiger partial charge in [-0.05, 0) is 18.2 Å². The van der Waals surface area contributed by atoms with Gasteiger partial charge in [-0.1, -0.05) is 26.0 Å². The van der Waals surface area contributed by atoms with Crippen LogP contribution in [0, 0.1) is 5.41 Å². The molecular weight excluding hydrogens is 378 g/mol. The number of H-pyrrole nitrogens is 1. The summed E-state index contributed by atoms with van der Waals surface area (Å²) in [4.78, 5) is 11.8. The SMILES string of the molecule is CC1(C)COC(COc2ccnc(CS(=O)c3nc4ccccc4[nH]3)c2)OC1. The number of benzene rings is 1. The first-order valence-corrected chi connectivity index (χ1v) is 10.4. The Labute approximate surface area is 165 Å². The van der Waals surface area contributed by atoms with Gasteiger partial charge in [-0.2, -0.15) is 0 Å². The van der Waals surface area contributed by atoms with Crippen LogP contribution in [0.1, 0.15) is 19.5 Å². The third-order valence-corrected chi connectivity index (χ3v) is 5.54.